The number of anilines is 1. The van der Waals surface area contributed by atoms with Crippen LogP contribution in [-0.2, 0) is 17.1 Å². The maximum absolute atomic E-state index is 12.2. The molecule has 2 aromatic rings. The van der Waals surface area contributed by atoms with Crippen LogP contribution in [0.5, 0.6) is 0 Å². The third-order valence-electron chi connectivity index (χ3n) is 2.56. The van der Waals surface area contributed by atoms with E-state index in [4.69, 9.17) is 0 Å². The van der Waals surface area contributed by atoms with Crippen molar-refractivity contribution >= 4 is 43.0 Å². The lowest BCUT2D eigenvalue weighted by Crippen LogP contribution is -2.12. The summed E-state index contributed by atoms with van der Waals surface area (Å²) in [5.74, 6) is 0. The molecule has 2 aromatic heterocycles. The normalized spacial score (nSPS) is 11.8. The maximum atomic E-state index is 12.2. The van der Waals surface area contributed by atoms with Crippen LogP contribution < -0.4 is 4.72 Å². The van der Waals surface area contributed by atoms with Gasteiger partial charge in [-0.05, 0) is 41.9 Å². The summed E-state index contributed by atoms with van der Waals surface area (Å²) in [6.45, 7) is 3.59. The van der Waals surface area contributed by atoms with Crippen molar-refractivity contribution in [1.29, 1.82) is 0 Å². The Morgan fingerprint density at radius 3 is 2.50 bits per heavy atom. The van der Waals surface area contributed by atoms with Gasteiger partial charge in [-0.2, -0.15) is 5.10 Å². The quantitative estimate of drug-likeness (QED) is 0.926. The number of nitrogens with zero attached hydrogens (tertiary/aromatic N) is 2. The Morgan fingerprint density at radius 2 is 2.06 bits per heavy atom. The Kier molecular flexibility index (Phi) is 3.52. The van der Waals surface area contributed by atoms with E-state index in [1.54, 1.807) is 30.8 Å². The largest absolute Gasteiger partial charge is 0.275 e. The summed E-state index contributed by atoms with van der Waals surface area (Å²) in [5, 5.41) is 4.18. The number of sulfonamides is 1. The van der Waals surface area contributed by atoms with Gasteiger partial charge in [0.05, 0.1) is 20.9 Å². The molecule has 0 fully saturated rings. The predicted octanol–water partition coefficient (Wildman–Crippen LogP) is 2.66. The zero-order chi connectivity index (χ0) is 13.5. The lowest BCUT2D eigenvalue weighted by Gasteiger charge is -2.06. The standard InChI is InChI=1S/C10H12BrN3O2S2/c1-6-10(7(2)14(3)12-6)13-18(15,16)9-5-4-8(11)17-9/h4-5,13H,1-3H3. The van der Waals surface area contributed by atoms with Crippen molar-refractivity contribution in [3.05, 3.63) is 27.3 Å². The van der Waals surface area contributed by atoms with E-state index < -0.39 is 10.0 Å². The van der Waals surface area contributed by atoms with Gasteiger partial charge in [0, 0.05) is 7.05 Å². The van der Waals surface area contributed by atoms with Crippen LogP contribution in [0.2, 0.25) is 0 Å². The fourth-order valence-electron chi connectivity index (χ4n) is 1.55. The molecule has 0 aliphatic heterocycles. The highest BCUT2D eigenvalue weighted by Gasteiger charge is 2.20. The molecule has 0 saturated heterocycles. The molecule has 5 nitrogen and oxygen atoms in total. The van der Waals surface area contributed by atoms with Gasteiger partial charge in [-0.25, -0.2) is 8.42 Å². The highest BCUT2D eigenvalue weighted by atomic mass is 79.9. The van der Waals surface area contributed by atoms with E-state index in [2.05, 4.69) is 25.8 Å². The molecule has 0 radical (unpaired) electrons. The summed E-state index contributed by atoms with van der Waals surface area (Å²) in [4.78, 5) is 0. The second-order valence-electron chi connectivity index (χ2n) is 3.83. The zero-order valence-corrected chi connectivity index (χ0v) is 13.3. The van der Waals surface area contributed by atoms with Crippen molar-refractivity contribution in [2.24, 2.45) is 7.05 Å². The Morgan fingerprint density at radius 1 is 1.39 bits per heavy atom. The molecule has 0 bridgehead atoms. The summed E-state index contributed by atoms with van der Waals surface area (Å²) in [6.07, 6.45) is 0. The highest BCUT2D eigenvalue weighted by Crippen LogP contribution is 2.29. The fourth-order valence-corrected chi connectivity index (χ4v) is 4.73. The smallest absolute Gasteiger partial charge is 0.271 e. The molecule has 8 heteroatoms. The minimum atomic E-state index is -3.54. The first-order chi connectivity index (χ1) is 8.31. The SMILES string of the molecule is Cc1nn(C)c(C)c1NS(=O)(=O)c1ccc(Br)s1. The van der Waals surface area contributed by atoms with Crippen LogP contribution in [0, 0.1) is 13.8 Å². The maximum Gasteiger partial charge on any atom is 0.271 e. The molecule has 2 rings (SSSR count). The third kappa shape index (κ3) is 2.45. The molecule has 0 aliphatic carbocycles. The second-order valence-corrected chi connectivity index (χ2v) is 8.21. The minimum Gasteiger partial charge on any atom is -0.275 e. The first-order valence-electron chi connectivity index (χ1n) is 5.09. The highest BCUT2D eigenvalue weighted by molar-refractivity contribution is 9.11. The van der Waals surface area contributed by atoms with Crippen molar-refractivity contribution in [3.8, 4) is 0 Å². The van der Waals surface area contributed by atoms with E-state index in [0.29, 0.717) is 11.4 Å². The molecular formula is C10H12BrN3O2S2. The Bertz CT molecular complexity index is 688. The van der Waals surface area contributed by atoms with Crippen molar-refractivity contribution in [2.45, 2.75) is 18.1 Å². The number of aromatic nitrogens is 2. The zero-order valence-electron chi connectivity index (χ0n) is 10.1. The van der Waals surface area contributed by atoms with Gasteiger partial charge in [0.1, 0.15) is 4.21 Å². The minimum absolute atomic E-state index is 0.275. The molecule has 0 saturated carbocycles. The Labute approximate surface area is 118 Å². The number of rotatable bonds is 3. The molecule has 1 N–H and O–H groups in total. The third-order valence-corrected chi connectivity index (χ3v) is 6.02. The van der Waals surface area contributed by atoms with Crippen molar-refractivity contribution < 1.29 is 8.42 Å². The van der Waals surface area contributed by atoms with E-state index in [9.17, 15) is 8.42 Å². The summed E-state index contributed by atoms with van der Waals surface area (Å²) in [7, 11) is -1.76. The van der Waals surface area contributed by atoms with Crippen LogP contribution in [-0.4, -0.2) is 18.2 Å². The number of thiophene rings is 1. The fraction of sp³-hybridized carbons (Fsp3) is 0.300. The molecule has 0 atom stereocenters. The van der Waals surface area contributed by atoms with Gasteiger partial charge >= 0.3 is 0 Å². The number of hydrogen-bond acceptors (Lipinski definition) is 4. The van der Waals surface area contributed by atoms with Crippen LogP contribution in [0.3, 0.4) is 0 Å². The average Bonchev–Trinajstić information content (AvgIpc) is 2.80. The van der Waals surface area contributed by atoms with E-state index in [0.717, 1.165) is 9.48 Å². The average molecular weight is 350 g/mol. The molecular weight excluding hydrogens is 338 g/mol. The Balaban J connectivity index is 2.39. The Hall–Kier alpha value is -0.860. The first kappa shape index (κ1) is 13.6. The van der Waals surface area contributed by atoms with E-state index in [1.165, 1.54) is 11.3 Å². The molecule has 0 spiro atoms. The van der Waals surface area contributed by atoms with E-state index in [-0.39, 0.29) is 4.21 Å². The van der Waals surface area contributed by atoms with Gasteiger partial charge in [0.15, 0.2) is 0 Å². The molecule has 98 valence electrons. The number of nitrogens with one attached hydrogen (secondary N) is 1. The predicted molar refractivity (Wildman–Crippen MR) is 75.5 cm³/mol. The van der Waals surface area contributed by atoms with Crippen LogP contribution in [0.1, 0.15) is 11.4 Å². The van der Waals surface area contributed by atoms with Crippen LogP contribution in [0.4, 0.5) is 5.69 Å². The lowest BCUT2D eigenvalue weighted by molar-refractivity contribution is 0.603. The van der Waals surface area contributed by atoms with Crippen molar-refractivity contribution in [2.75, 3.05) is 4.72 Å². The first-order valence-corrected chi connectivity index (χ1v) is 8.19. The monoisotopic (exact) mass is 349 g/mol. The van der Waals surface area contributed by atoms with E-state index >= 15 is 0 Å². The topological polar surface area (TPSA) is 64.0 Å². The van der Waals surface area contributed by atoms with Crippen LogP contribution >= 0.6 is 27.3 Å². The van der Waals surface area contributed by atoms with Gasteiger partial charge in [-0.3, -0.25) is 9.40 Å². The van der Waals surface area contributed by atoms with Gasteiger partial charge in [-0.1, -0.05) is 0 Å². The van der Waals surface area contributed by atoms with Gasteiger partial charge in [0.2, 0.25) is 0 Å². The second kappa shape index (κ2) is 4.67. The van der Waals surface area contributed by atoms with Crippen molar-refractivity contribution in [1.82, 2.24) is 9.78 Å². The molecule has 0 unspecified atom stereocenters. The molecule has 0 aliphatic rings. The van der Waals surface area contributed by atoms with Crippen LogP contribution in [0.25, 0.3) is 0 Å². The molecule has 0 aromatic carbocycles. The summed E-state index contributed by atoms with van der Waals surface area (Å²) < 4.78 is 29.6. The van der Waals surface area contributed by atoms with Crippen molar-refractivity contribution in [3.63, 3.8) is 0 Å². The molecule has 0 amide bonds. The van der Waals surface area contributed by atoms with E-state index in [1.807, 2.05) is 6.92 Å². The molecule has 2 heterocycles. The number of aryl methyl sites for hydroxylation is 2. The molecule has 18 heavy (non-hydrogen) atoms. The van der Waals surface area contributed by atoms with Gasteiger partial charge < -0.3 is 0 Å². The lowest BCUT2D eigenvalue weighted by atomic mass is 10.3. The summed E-state index contributed by atoms with van der Waals surface area (Å²) in [5.41, 5.74) is 1.99. The number of hydrogen-bond donors (Lipinski definition) is 1. The summed E-state index contributed by atoms with van der Waals surface area (Å²) >= 11 is 4.42. The number of halogens is 1. The summed E-state index contributed by atoms with van der Waals surface area (Å²) in [6, 6.07) is 3.28. The van der Waals surface area contributed by atoms with Crippen LogP contribution in [0.15, 0.2) is 20.1 Å². The van der Waals surface area contributed by atoms with Gasteiger partial charge in [0.25, 0.3) is 10.0 Å². The van der Waals surface area contributed by atoms with Gasteiger partial charge in [-0.15, -0.1) is 11.3 Å².